The number of hydrogen-bond donors (Lipinski definition) is 0. The third-order valence-corrected chi connectivity index (χ3v) is 2.72. The van der Waals surface area contributed by atoms with E-state index in [4.69, 9.17) is 5.26 Å². The maximum atomic E-state index is 8.73. The van der Waals surface area contributed by atoms with Gasteiger partial charge in [-0.25, -0.2) is 19.6 Å². The van der Waals surface area contributed by atoms with Gasteiger partial charge in [0.05, 0.1) is 0 Å². The molecule has 0 bridgehead atoms. The first kappa shape index (κ1) is 12.0. The maximum absolute atomic E-state index is 8.73. The van der Waals surface area contributed by atoms with Gasteiger partial charge in [0.1, 0.15) is 18.2 Å². The lowest BCUT2D eigenvalue weighted by Gasteiger charge is -2.03. The zero-order valence-electron chi connectivity index (χ0n) is 10.5. The number of rotatable bonds is 3. The van der Waals surface area contributed by atoms with E-state index in [2.05, 4.69) is 20.1 Å². The summed E-state index contributed by atoms with van der Waals surface area (Å²) in [5, 5.41) is 12.7. The molecular weight excluding hydrogens is 252 g/mol. The summed E-state index contributed by atoms with van der Waals surface area (Å²) in [5.41, 5.74) is 1.14. The van der Waals surface area contributed by atoms with Crippen molar-refractivity contribution in [1.29, 1.82) is 5.26 Å². The van der Waals surface area contributed by atoms with Crippen molar-refractivity contribution >= 4 is 0 Å². The fourth-order valence-corrected chi connectivity index (χ4v) is 1.80. The average Bonchev–Trinajstić information content (AvgIpc) is 2.98. The molecule has 0 N–H and O–H groups in total. The summed E-state index contributed by atoms with van der Waals surface area (Å²) in [6, 6.07) is 13.6. The van der Waals surface area contributed by atoms with E-state index in [1.54, 1.807) is 12.3 Å². The molecule has 2 heterocycles. The molecule has 0 fully saturated rings. The highest BCUT2D eigenvalue weighted by Crippen LogP contribution is 2.07. The van der Waals surface area contributed by atoms with Crippen LogP contribution in [-0.4, -0.2) is 24.7 Å². The molecule has 0 amide bonds. The molecule has 3 rings (SSSR count). The van der Waals surface area contributed by atoms with Crippen LogP contribution in [0.1, 0.15) is 17.2 Å². The van der Waals surface area contributed by atoms with Crippen LogP contribution in [0.4, 0.5) is 0 Å². The van der Waals surface area contributed by atoms with Gasteiger partial charge in [-0.15, -0.1) is 5.10 Å². The fraction of sp³-hybridized carbons (Fsp3) is 0.0714. The van der Waals surface area contributed by atoms with Crippen LogP contribution in [0.15, 0.2) is 48.9 Å². The van der Waals surface area contributed by atoms with Crippen molar-refractivity contribution in [3.05, 3.63) is 66.1 Å². The second kappa shape index (κ2) is 5.28. The molecule has 0 saturated heterocycles. The Bertz CT molecular complexity index is 757. The van der Waals surface area contributed by atoms with Crippen LogP contribution in [0, 0.1) is 11.3 Å². The number of hydrogen-bond acceptors (Lipinski definition) is 5. The highest BCUT2D eigenvalue weighted by atomic mass is 15.4. The first-order chi connectivity index (χ1) is 9.85. The molecule has 6 heteroatoms. The molecule has 0 spiro atoms. The molecule has 0 atom stereocenters. The Hall–Kier alpha value is -3.07. The van der Waals surface area contributed by atoms with Gasteiger partial charge in [0.25, 0.3) is 5.82 Å². The van der Waals surface area contributed by atoms with Gasteiger partial charge in [-0.05, 0) is 5.56 Å². The number of nitrogens with zero attached hydrogens (tertiary/aromatic N) is 6. The molecule has 6 nitrogen and oxygen atoms in total. The van der Waals surface area contributed by atoms with Crippen LogP contribution in [-0.2, 0) is 6.42 Å². The van der Waals surface area contributed by atoms with Crippen LogP contribution in [0.3, 0.4) is 0 Å². The lowest BCUT2D eigenvalue weighted by molar-refractivity contribution is 0.813. The van der Waals surface area contributed by atoms with Crippen molar-refractivity contribution in [2.24, 2.45) is 0 Å². The van der Waals surface area contributed by atoms with Gasteiger partial charge in [-0.2, -0.15) is 5.26 Å². The van der Waals surface area contributed by atoms with Gasteiger partial charge >= 0.3 is 0 Å². The second-order valence-corrected chi connectivity index (χ2v) is 4.12. The standard InChI is InChI=1S/C14H10N6/c15-9-13-17-10-20(19-13)14-6-7-16-12(18-14)8-11-4-2-1-3-5-11/h1-7,10H,8H2. The summed E-state index contributed by atoms with van der Waals surface area (Å²) in [5.74, 6) is 1.41. The lowest BCUT2D eigenvalue weighted by atomic mass is 10.1. The predicted molar refractivity (Wildman–Crippen MR) is 70.9 cm³/mol. The largest absolute Gasteiger partial charge is 0.252 e. The Morgan fingerprint density at radius 3 is 2.70 bits per heavy atom. The monoisotopic (exact) mass is 262 g/mol. The molecule has 20 heavy (non-hydrogen) atoms. The van der Waals surface area contributed by atoms with Crippen molar-refractivity contribution in [1.82, 2.24) is 24.7 Å². The molecule has 0 unspecified atom stereocenters. The smallest absolute Gasteiger partial charge is 0.241 e. The zero-order chi connectivity index (χ0) is 13.8. The normalized spacial score (nSPS) is 10.2. The highest BCUT2D eigenvalue weighted by Gasteiger charge is 2.05. The van der Waals surface area contributed by atoms with E-state index < -0.39 is 0 Å². The molecule has 0 aliphatic rings. The fourth-order valence-electron chi connectivity index (χ4n) is 1.80. The molecule has 0 aliphatic carbocycles. The number of benzene rings is 1. The molecule has 96 valence electrons. The lowest BCUT2D eigenvalue weighted by Crippen LogP contribution is -2.03. The van der Waals surface area contributed by atoms with Crippen molar-refractivity contribution in [3.63, 3.8) is 0 Å². The first-order valence-corrected chi connectivity index (χ1v) is 6.03. The van der Waals surface area contributed by atoms with Crippen molar-refractivity contribution in [2.45, 2.75) is 6.42 Å². The average molecular weight is 262 g/mol. The molecule has 0 radical (unpaired) electrons. The summed E-state index contributed by atoms with van der Waals surface area (Å²) in [6.45, 7) is 0. The van der Waals surface area contributed by atoms with Gasteiger partial charge in [0.15, 0.2) is 5.82 Å². The molecular formula is C14H10N6. The van der Waals surface area contributed by atoms with E-state index in [0.29, 0.717) is 18.1 Å². The van der Waals surface area contributed by atoms with Crippen molar-refractivity contribution in [2.75, 3.05) is 0 Å². The van der Waals surface area contributed by atoms with E-state index >= 15 is 0 Å². The van der Waals surface area contributed by atoms with E-state index in [1.165, 1.54) is 11.0 Å². The molecule has 2 aromatic heterocycles. The molecule has 1 aromatic carbocycles. The topological polar surface area (TPSA) is 80.3 Å². The summed E-state index contributed by atoms with van der Waals surface area (Å²) in [4.78, 5) is 12.5. The van der Waals surface area contributed by atoms with Gasteiger partial charge in [-0.3, -0.25) is 0 Å². The highest BCUT2D eigenvalue weighted by molar-refractivity contribution is 5.23. The Morgan fingerprint density at radius 1 is 1.10 bits per heavy atom. The number of nitriles is 1. The van der Waals surface area contributed by atoms with Gasteiger partial charge in [0.2, 0.25) is 0 Å². The predicted octanol–water partition coefficient (Wildman–Crippen LogP) is 1.52. The second-order valence-electron chi connectivity index (χ2n) is 4.12. The Labute approximate surface area is 115 Å². The Kier molecular flexibility index (Phi) is 3.17. The van der Waals surface area contributed by atoms with Crippen LogP contribution in [0.5, 0.6) is 0 Å². The van der Waals surface area contributed by atoms with Crippen LogP contribution in [0.25, 0.3) is 5.82 Å². The summed E-state index contributed by atoms with van der Waals surface area (Å²) in [7, 11) is 0. The zero-order valence-corrected chi connectivity index (χ0v) is 10.5. The van der Waals surface area contributed by atoms with E-state index in [-0.39, 0.29) is 5.82 Å². The van der Waals surface area contributed by atoms with Crippen LogP contribution < -0.4 is 0 Å². The van der Waals surface area contributed by atoms with E-state index in [1.807, 2.05) is 36.4 Å². The Morgan fingerprint density at radius 2 is 1.95 bits per heavy atom. The first-order valence-electron chi connectivity index (χ1n) is 6.03. The van der Waals surface area contributed by atoms with Gasteiger partial charge < -0.3 is 0 Å². The summed E-state index contributed by atoms with van der Waals surface area (Å²) >= 11 is 0. The third kappa shape index (κ3) is 2.52. The van der Waals surface area contributed by atoms with Gasteiger partial charge in [-0.1, -0.05) is 30.3 Å². The van der Waals surface area contributed by atoms with Gasteiger partial charge in [0, 0.05) is 18.7 Å². The molecule has 3 aromatic rings. The van der Waals surface area contributed by atoms with Crippen molar-refractivity contribution < 1.29 is 0 Å². The minimum Gasteiger partial charge on any atom is -0.241 e. The van der Waals surface area contributed by atoms with Crippen molar-refractivity contribution in [3.8, 4) is 11.9 Å². The SMILES string of the molecule is N#Cc1ncn(-c2ccnc(Cc3ccccc3)n2)n1. The van der Waals surface area contributed by atoms with Crippen LogP contribution >= 0.6 is 0 Å². The van der Waals surface area contributed by atoms with Crippen LogP contribution in [0.2, 0.25) is 0 Å². The Balaban J connectivity index is 1.88. The third-order valence-electron chi connectivity index (χ3n) is 2.72. The van der Waals surface area contributed by atoms with E-state index in [0.717, 1.165) is 5.56 Å². The molecule has 0 saturated carbocycles. The van der Waals surface area contributed by atoms with E-state index in [9.17, 15) is 0 Å². The molecule has 0 aliphatic heterocycles. The number of aromatic nitrogens is 5. The minimum atomic E-state index is 0.119. The minimum absolute atomic E-state index is 0.119. The summed E-state index contributed by atoms with van der Waals surface area (Å²) in [6.07, 6.45) is 3.79. The maximum Gasteiger partial charge on any atom is 0.252 e. The summed E-state index contributed by atoms with van der Waals surface area (Å²) < 4.78 is 1.47. The quantitative estimate of drug-likeness (QED) is 0.714.